The molecule has 0 aliphatic carbocycles. The van der Waals surface area contributed by atoms with Crippen molar-refractivity contribution in [1.82, 2.24) is 15.0 Å². The van der Waals surface area contributed by atoms with Crippen molar-refractivity contribution in [2.45, 2.75) is 53.0 Å². The van der Waals surface area contributed by atoms with Gasteiger partial charge in [-0.2, -0.15) is 9.97 Å². The summed E-state index contributed by atoms with van der Waals surface area (Å²) in [6.07, 6.45) is 5.80. The molecule has 3 aromatic rings. The number of nitrogen functional groups attached to an aromatic ring is 1. The van der Waals surface area contributed by atoms with E-state index in [2.05, 4.69) is 46.4 Å². The van der Waals surface area contributed by atoms with E-state index in [0.29, 0.717) is 35.5 Å². The van der Waals surface area contributed by atoms with Gasteiger partial charge in [0.05, 0.1) is 22.8 Å². The molecule has 1 aliphatic heterocycles. The van der Waals surface area contributed by atoms with Crippen molar-refractivity contribution in [2.75, 3.05) is 23.8 Å². The molecular formula is C26H34N6O2. The minimum absolute atomic E-state index is 0.0480. The third-order valence-corrected chi connectivity index (χ3v) is 6.36. The van der Waals surface area contributed by atoms with Crippen LogP contribution in [0.1, 0.15) is 45.6 Å². The molecule has 0 amide bonds. The quantitative estimate of drug-likeness (QED) is 0.190. The number of aliphatic imine (C=N–C) groups is 1. The highest BCUT2D eigenvalue weighted by atomic mass is 16.5. The first-order valence-electron chi connectivity index (χ1n) is 11.8. The lowest BCUT2D eigenvalue weighted by atomic mass is 10.1. The van der Waals surface area contributed by atoms with Crippen molar-refractivity contribution in [1.29, 1.82) is 0 Å². The minimum atomic E-state index is 0.0480. The SMILES string of the molecule is C=C/C(=C\N=C(C)CCO)Oc1nc(N2CC(C)CC2CC)c2c(n1)[nH]c1c(N)cc(C)cc12. The summed E-state index contributed by atoms with van der Waals surface area (Å²) in [5.74, 6) is 1.86. The van der Waals surface area contributed by atoms with Crippen LogP contribution in [0, 0.1) is 12.8 Å². The second-order valence-corrected chi connectivity index (χ2v) is 9.19. The molecule has 2 atom stereocenters. The van der Waals surface area contributed by atoms with Gasteiger partial charge in [-0.15, -0.1) is 0 Å². The van der Waals surface area contributed by atoms with Crippen molar-refractivity contribution in [3.8, 4) is 6.01 Å². The maximum atomic E-state index is 9.10. The molecule has 8 heteroatoms. The second kappa shape index (κ2) is 9.85. The van der Waals surface area contributed by atoms with E-state index in [4.69, 9.17) is 20.6 Å². The number of anilines is 2. The van der Waals surface area contributed by atoms with Gasteiger partial charge in [0.15, 0.2) is 0 Å². The number of hydrogen-bond donors (Lipinski definition) is 3. The third kappa shape index (κ3) is 4.63. The Balaban J connectivity index is 1.87. The number of aromatic amines is 1. The summed E-state index contributed by atoms with van der Waals surface area (Å²) in [6.45, 7) is 13.2. The number of rotatable bonds is 8. The number of fused-ring (bicyclic) bond motifs is 3. The zero-order chi connectivity index (χ0) is 24.4. The van der Waals surface area contributed by atoms with Crippen LogP contribution < -0.4 is 15.4 Å². The van der Waals surface area contributed by atoms with Crippen molar-refractivity contribution in [2.24, 2.45) is 10.9 Å². The highest BCUT2D eigenvalue weighted by molar-refractivity contribution is 6.14. The fourth-order valence-corrected chi connectivity index (χ4v) is 4.71. The number of aliphatic hydroxyl groups is 1. The Morgan fingerprint density at radius 1 is 1.41 bits per heavy atom. The molecular weight excluding hydrogens is 428 g/mol. The van der Waals surface area contributed by atoms with Crippen LogP contribution in [0.3, 0.4) is 0 Å². The average Bonchev–Trinajstić information content (AvgIpc) is 3.36. The van der Waals surface area contributed by atoms with Gasteiger partial charge in [0, 0.05) is 36.7 Å². The number of benzene rings is 1. The normalized spacial score (nSPS) is 19.4. The fourth-order valence-electron chi connectivity index (χ4n) is 4.71. The third-order valence-electron chi connectivity index (χ3n) is 6.36. The van der Waals surface area contributed by atoms with E-state index >= 15 is 0 Å². The van der Waals surface area contributed by atoms with E-state index in [1.165, 1.54) is 0 Å². The Kier molecular flexibility index (Phi) is 6.88. The molecule has 1 fully saturated rings. The van der Waals surface area contributed by atoms with Crippen LogP contribution in [0.4, 0.5) is 11.5 Å². The van der Waals surface area contributed by atoms with Gasteiger partial charge in [-0.05, 0) is 56.4 Å². The maximum Gasteiger partial charge on any atom is 0.326 e. The molecule has 0 bridgehead atoms. The summed E-state index contributed by atoms with van der Waals surface area (Å²) in [4.78, 5) is 19.7. The number of aryl methyl sites for hydroxylation is 1. The zero-order valence-electron chi connectivity index (χ0n) is 20.4. The Hall–Kier alpha value is -3.39. The first kappa shape index (κ1) is 23.8. The van der Waals surface area contributed by atoms with Crippen LogP contribution in [0.15, 0.2) is 41.7 Å². The first-order valence-corrected chi connectivity index (χ1v) is 11.8. The van der Waals surface area contributed by atoms with Gasteiger partial charge in [0.1, 0.15) is 17.2 Å². The molecule has 0 radical (unpaired) electrons. The van der Waals surface area contributed by atoms with Gasteiger partial charge in [-0.3, -0.25) is 4.99 Å². The van der Waals surface area contributed by atoms with Gasteiger partial charge in [-0.25, -0.2) is 0 Å². The number of nitrogens with two attached hydrogens (primary N) is 1. The molecule has 34 heavy (non-hydrogen) atoms. The molecule has 8 nitrogen and oxygen atoms in total. The molecule has 180 valence electrons. The molecule has 3 heterocycles. The van der Waals surface area contributed by atoms with Crippen molar-refractivity contribution >= 4 is 39.2 Å². The first-order chi connectivity index (χ1) is 16.3. The van der Waals surface area contributed by atoms with Gasteiger partial charge in [0.2, 0.25) is 0 Å². The van der Waals surface area contributed by atoms with E-state index in [9.17, 15) is 0 Å². The predicted molar refractivity (Wildman–Crippen MR) is 139 cm³/mol. The number of nitrogens with zero attached hydrogens (tertiary/aromatic N) is 4. The molecule has 4 N–H and O–H groups in total. The van der Waals surface area contributed by atoms with Gasteiger partial charge in [-0.1, -0.05) is 20.4 Å². The second-order valence-electron chi connectivity index (χ2n) is 9.19. The molecule has 1 saturated heterocycles. The van der Waals surface area contributed by atoms with Gasteiger partial charge in [0.25, 0.3) is 0 Å². The van der Waals surface area contributed by atoms with E-state index in [-0.39, 0.29) is 12.6 Å². The maximum absolute atomic E-state index is 9.10. The largest absolute Gasteiger partial charge is 0.423 e. The van der Waals surface area contributed by atoms with Gasteiger partial charge < -0.3 is 25.5 Å². The van der Waals surface area contributed by atoms with Crippen LogP contribution in [-0.4, -0.2) is 45.0 Å². The standard InChI is InChI=1S/C26H34N6O2/c1-6-18-10-16(4)14-32(18)25-22-20-11-15(3)12-21(27)23(20)29-24(22)30-26(31-25)34-19(7-2)13-28-17(5)8-9-33/h7,11-13,16,18,33H,2,6,8-10,14,27H2,1,3-5H3,(H,29,30,31)/b19-13+,28-17?. The average molecular weight is 463 g/mol. The summed E-state index contributed by atoms with van der Waals surface area (Å²) >= 11 is 0. The van der Waals surface area contributed by atoms with Crippen molar-refractivity contribution in [3.63, 3.8) is 0 Å². The highest BCUT2D eigenvalue weighted by Gasteiger charge is 2.32. The van der Waals surface area contributed by atoms with Crippen LogP contribution >= 0.6 is 0 Å². The number of ether oxygens (including phenoxy) is 1. The minimum Gasteiger partial charge on any atom is -0.423 e. The molecule has 2 unspecified atom stereocenters. The lowest BCUT2D eigenvalue weighted by molar-refractivity contribution is 0.307. The zero-order valence-corrected chi connectivity index (χ0v) is 20.4. The van der Waals surface area contributed by atoms with E-state index in [1.807, 2.05) is 19.9 Å². The van der Waals surface area contributed by atoms with Crippen LogP contribution in [0.2, 0.25) is 0 Å². The monoisotopic (exact) mass is 462 g/mol. The lowest BCUT2D eigenvalue weighted by Crippen LogP contribution is -2.30. The Morgan fingerprint density at radius 2 is 2.21 bits per heavy atom. The van der Waals surface area contributed by atoms with E-state index in [0.717, 1.165) is 52.8 Å². The van der Waals surface area contributed by atoms with E-state index in [1.54, 1.807) is 12.3 Å². The molecule has 2 aromatic heterocycles. The predicted octanol–water partition coefficient (Wildman–Crippen LogP) is 4.88. The number of aliphatic hydroxyl groups excluding tert-OH is 1. The van der Waals surface area contributed by atoms with Gasteiger partial charge >= 0.3 is 6.01 Å². The van der Waals surface area contributed by atoms with Crippen molar-refractivity contribution in [3.05, 3.63) is 42.3 Å². The molecule has 1 aliphatic rings. The van der Waals surface area contributed by atoms with Crippen molar-refractivity contribution < 1.29 is 9.84 Å². The Morgan fingerprint density at radius 3 is 2.91 bits per heavy atom. The van der Waals surface area contributed by atoms with Crippen LogP contribution in [0.25, 0.3) is 21.9 Å². The Labute approximate surface area is 200 Å². The molecule has 1 aromatic carbocycles. The highest BCUT2D eigenvalue weighted by Crippen LogP contribution is 2.39. The van der Waals surface area contributed by atoms with Crippen LogP contribution in [0.5, 0.6) is 6.01 Å². The topological polar surface area (TPSA) is 113 Å². The van der Waals surface area contributed by atoms with Crippen LogP contribution in [-0.2, 0) is 0 Å². The Bertz CT molecular complexity index is 1280. The summed E-state index contributed by atoms with van der Waals surface area (Å²) in [7, 11) is 0. The molecule has 0 saturated carbocycles. The summed E-state index contributed by atoms with van der Waals surface area (Å²) < 4.78 is 6.02. The molecule has 0 spiro atoms. The fraction of sp³-hybridized carbons (Fsp3) is 0.423. The summed E-state index contributed by atoms with van der Waals surface area (Å²) in [6, 6.07) is 4.71. The number of aromatic nitrogens is 3. The summed E-state index contributed by atoms with van der Waals surface area (Å²) in [5.41, 5.74) is 10.5. The lowest BCUT2D eigenvalue weighted by Gasteiger charge is -2.25. The number of allylic oxidation sites excluding steroid dienone is 1. The smallest absolute Gasteiger partial charge is 0.326 e. The number of nitrogens with one attached hydrogen (secondary N) is 1. The summed E-state index contributed by atoms with van der Waals surface area (Å²) in [5, 5.41) is 11.1. The number of H-pyrrole nitrogens is 1. The number of hydrogen-bond acceptors (Lipinski definition) is 7. The molecule has 4 rings (SSSR count). The van der Waals surface area contributed by atoms with E-state index < -0.39 is 0 Å².